The van der Waals surface area contributed by atoms with Crippen molar-refractivity contribution in [3.8, 4) is 5.75 Å². The van der Waals surface area contributed by atoms with Crippen LogP contribution in [-0.4, -0.2) is 82.4 Å². The summed E-state index contributed by atoms with van der Waals surface area (Å²) in [7, 11) is 0. The first-order valence-electron chi connectivity index (χ1n) is 17.4. The molecular formula is C36H49N7O9. The molecule has 8 N–H and O–H groups in total. The van der Waals surface area contributed by atoms with Crippen molar-refractivity contribution < 1.29 is 43.4 Å². The van der Waals surface area contributed by atoms with Crippen LogP contribution in [0, 0.1) is 12.8 Å². The van der Waals surface area contributed by atoms with Gasteiger partial charge >= 0.3 is 18.1 Å². The number of hydrogen-bond acceptors (Lipinski definition) is 8. The van der Waals surface area contributed by atoms with Gasteiger partial charge in [0.25, 0.3) is 0 Å². The van der Waals surface area contributed by atoms with Gasteiger partial charge in [0, 0.05) is 17.9 Å². The highest BCUT2D eigenvalue weighted by Gasteiger charge is 2.39. The molecule has 1 aliphatic rings. The zero-order valence-electron chi connectivity index (χ0n) is 29.9. The second kappa shape index (κ2) is 19.7. The van der Waals surface area contributed by atoms with Crippen molar-refractivity contribution in [2.75, 3.05) is 17.2 Å². The molecule has 1 fully saturated rings. The maximum Gasteiger partial charge on any atom is 0.413 e. The van der Waals surface area contributed by atoms with Crippen molar-refractivity contribution >= 4 is 53.1 Å². The zero-order chi connectivity index (χ0) is 38.4. The highest BCUT2D eigenvalue weighted by molar-refractivity contribution is 6.00. The predicted octanol–water partition coefficient (Wildman–Crippen LogP) is 3.25. The summed E-state index contributed by atoms with van der Waals surface area (Å²) in [5, 5.41) is 22.5. The quantitative estimate of drug-likeness (QED) is 0.127. The number of hydrogen-bond donors (Lipinski definition) is 7. The lowest BCUT2D eigenvalue weighted by molar-refractivity contribution is -0.143. The molecule has 1 aliphatic heterocycles. The van der Waals surface area contributed by atoms with Crippen LogP contribution in [0.1, 0.15) is 71.3 Å². The van der Waals surface area contributed by atoms with E-state index in [4.69, 9.17) is 10.5 Å². The van der Waals surface area contributed by atoms with E-state index >= 15 is 0 Å². The van der Waals surface area contributed by atoms with E-state index in [1.54, 1.807) is 19.1 Å². The Balaban J connectivity index is 1.66. The number of aryl methyl sites for hydroxylation is 1. The molecule has 282 valence electrons. The van der Waals surface area contributed by atoms with Gasteiger partial charge < -0.3 is 47.1 Å². The molecule has 2 aromatic rings. The van der Waals surface area contributed by atoms with Gasteiger partial charge in [-0.05, 0) is 68.0 Å². The summed E-state index contributed by atoms with van der Waals surface area (Å²) in [6.45, 7) is 7.55. The average molecular weight is 724 g/mol. The largest absolute Gasteiger partial charge is 0.481 e. The molecule has 16 nitrogen and oxygen atoms in total. The Kier molecular flexibility index (Phi) is 15.4. The molecule has 52 heavy (non-hydrogen) atoms. The standard InChI is InChI=1S/C36H49N7O9/c1-5-7-12-26(41-36(51)52-24-17-15-23(16-18-24)38-35(50)40-25-13-9-8-11-22(25)4)32(47)39-27(20-29(44)45)33(48)42-30(21(3)6-2)34(49)43-19-10-14-28(43)31(37)46/h8-9,11,13,15-18,21,26-28,30H,5-7,10,12,14,19-20H2,1-4H3,(H2,37,46)(H,39,47)(H,41,51)(H,42,48)(H,44,45)(H2,38,40,50)/t21?,26-,27-,28-,30-/m0/s1. The molecule has 0 saturated carbocycles. The van der Waals surface area contributed by atoms with Crippen LogP contribution in [0.5, 0.6) is 5.75 Å². The number of nitrogens with two attached hydrogens (primary N) is 1. The number of unbranched alkanes of at least 4 members (excludes halogenated alkanes) is 1. The molecule has 1 saturated heterocycles. The van der Waals surface area contributed by atoms with Crippen LogP contribution >= 0.6 is 0 Å². The van der Waals surface area contributed by atoms with E-state index in [0.717, 1.165) is 5.56 Å². The maximum absolute atomic E-state index is 13.5. The molecular weight excluding hydrogens is 674 g/mol. The average Bonchev–Trinajstić information content (AvgIpc) is 3.60. The van der Waals surface area contributed by atoms with Gasteiger partial charge in [-0.15, -0.1) is 0 Å². The van der Waals surface area contributed by atoms with Crippen LogP contribution in [0.15, 0.2) is 48.5 Å². The molecule has 0 aromatic heterocycles. The molecule has 7 amide bonds. The maximum atomic E-state index is 13.5. The fourth-order valence-electron chi connectivity index (χ4n) is 5.66. The smallest absolute Gasteiger partial charge is 0.413 e. The summed E-state index contributed by atoms with van der Waals surface area (Å²) in [6, 6.07) is 8.02. The number of carbonyl (C=O) groups excluding carboxylic acids is 6. The summed E-state index contributed by atoms with van der Waals surface area (Å²) in [5.41, 5.74) is 7.45. The Labute approximate surface area is 302 Å². The van der Waals surface area contributed by atoms with Gasteiger partial charge in [-0.1, -0.05) is 58.2 Å². The fourth-order valence-corrected chi connectivity index (χ4v) is 5.66. The SMILES string of the molecule is CCCC[C@H](NC(=O)Oc1ccc(NC(=O)Nc2ccccc2C)cc1)C(=O)N[C@@H](CC(=O)O)C(=O)N[C@H](C(=O)N1CCC[C@H]1C(N)=O)C(C)CC. The number of urea groups is 1. The molecule has 1 unspecified atom stereocenters. The number of likely N-dealkylation sites (tertiary alicyclic amines) is 1. The number of primary amides is 1. The second-order valence-electron chi connectivity index (χ2n) is 12.8. The molecule has 3 rings (SSSR count). The summed E-state index contributed by atoms with van der Waals surface area (Å²) in [4.78, 5) is 90.8. The first-order chi connectivity index (χ1) is 24.7. The number of para-hydroxylation sites is 1. The van der Waals surface area contributed by atoms with E-state index in [2.05, 4.69) is 26.6 Å². The molecule has 0 spiro atoms. The van der Waals surface area contributed by atoms with Gasteiger partial charge in [0.05, 0.1) is 6.42 Å². The van der Waals surface area contributed by atoms with Gasteiger partial charge in [-0.2, -0.15) is 0 Å². The van der Waals surface area contributed by atoms with Gasteiger partial charge in [0.15, 0.2) is 0 Å². The minimum atomic E-state index is -1.60. The third-order valence-corrected chi connectivity index (χ3v) is 8.82. The van der Waals surface area contributed by atoms with E-state index in [1.807, 2.05) is 32.9 Å². The summed E-state index contributed by atoms with van der Waals surface area (Å²) < 4.78 is 5.35. The summed E-state index contributed by atoms with van der Waals surface area (Å²) in [6.07, 6.45) is 0.942. The van der Waals surface area contributed by atoms with Gasteiger partial charge in [0.1, 0.15) is 29.9 Å². The second-order valence-corrected chi connectivity index (χ2v) is 12.8. The van der Waals surface area contributed by atoms with Gasteiger partial charge in [-0.3, -0.25) is 24.0 Å². The van der Waals surface area contributed by atoms with E-state index in [1.165, 1.54) is 29.2 Å². The number of nitrogens with one attached hydrogen (secondary N) is 5. The molecule has 1 heterocycles. The van der Waals surface area contributed by atoms with Crippen LogP contribution in [0.2, 0.25) is 0 Å². The Morgan fingerprint density at radius 2 is 1.60 bits per heavy atom. The van der Waals surface area contributed by atoms with Crippen LogP contribution in [0.25, 0.3) is 0 Å². The predicted molar refractivity (Wildman–Crippen MR) is 192 cm³/mol. The molecule has 0 bridgehead atoms. The highest BCUT2D eigenvalue weighted by atomic mass is 16.6. The zero-order valence-corrected chi connectivity index (χ0v) is 29.9. The molecule has 0 aliphatic carbocycles. The Bertz CT molecular complexity index is 1600. The lowest BCUT2D eigenvalue weighted by Gasteiger charge is -2.32. The van der Waals surface area contributed by atoms with E-state index in [-0.39, 0.29) is 18.7 Å². The first-order valence-corrected chi connectivity index (χ1v) is 17.4. The first kappa shape index (κ1) is 40.8. The number of carbonyl (C=O) groups is 7. The van der Waals surface area contributed by atoms with Crippen molar-refractivity contribution in [3.05, 3.63) is 54.1 Å². The number of benzene rings is 2. The number of nitrogens with zero attached hydrogens (tertiary/aromatic N) is 1. The van der Waals surface area contributed by atoms with Crippen LogP contribution in [0.4, 0.5) is 21.0 Å². The number of rotatable bonds is 17. The normalized spacial score (nSPS) is 16.0. The van der Waals surface area contributed by atoms with Crippen molar-refractivity contribution in [2.45, 2.75) is 96.8 Å². The molecule has 16 heteroatoms. The van der Waals surface area contributed by atoms with Gasteiger partial charge in [-0.25, -0.2) is 9.59 Å². The van der Waals surface area contributed by atoms with E-state index in [9.17, 15) is 38.7 Å². The Hall–Kier alpha value is -5.67. The summed E-state index contributed by atoms with van der Waals surface area (Å²) >= 11 is 0. The van der Waals surface area contributed by atoms with Crippen molar-refractivity contribution in [2.24, 2.45) is 11.7 Å². The number of aliphatic carboxylic acids is 1. The van der Waals surface area contributed by atoms with E-state index in [0.29, 0.717) is 43.5 Å². The van der Waals surface area contributed by atoms with Crippen LogP contribution < -0.4 is 37.1 Å². The fraction of sp³-hybridized carbons (Fsp3) is 0.472. The van der Waals surface area contributed by atoms with Crippen LogP contribution in [-0.2, 0) is 24.0 Å². The lowest BCUT2D eigenvalue weighted by atomic mass is 9.96. The van der Waals surface area contributed by atoms with Crippen molar-refractivity contribution in [1.82, 2.24) is 20.9 Å². The third-order valence-electron chi connectivity index (χ3n) is 8.82. The lowest BCUT2D eigenvalue weighted by Crippen LogP contribution is -2.59. The molecule has 0 radical (unpaired) electrons. The number of ether oxygens (including phenoxy) is 1. The van der Waals surface area contributed by atoms with Crippen LogP contribution in [0.3, 0.4) is 0 Å². The minimum Gasteiger partial charge on any atom is -0.481 e. The number of anilines is 2. The number of carboxylic acids is 1. The third kappa shape index (κ3) is 12.0. The summed E-state index contributed by atoms with van der Waals surface area (Å²) in [5.74, 6) is -4.60. The molecule has 2 aromatic carbocycles. The van der Waals surface area contributed by atoms with Gasteiger partial charge in [0.2, 0.25) is 23.6 Å². The highest BCUT2D eigenvalue weighted by Crippen LogP contribution is 2.22. The van der Waals surface area contributed by atoms with Crippen molar-refractivity contribution in [1.29, 1.82) is 0 Å². The number of amides is 7. The molecule has 5 atom stereocenters. The minimum absolute atomic E-state index is 0.109. The Morgan fingerprint density at radius 3 is 2.21 bits per heavy atom. The monoisotopic (exact) mass is 723 g/mol. The van der Waals surface area contributed by atoms with E-state index < -0.39 is 78.2 Å². The van der Waals surface area contributed by atoms with Crippen molar-refractivity contribution in [3.63, 3.8) is 0 Å². The topological polar surface area (TPSA) is 238 Å². The Morgan fingerprint density at radius 1 is 0.923 bits per heavy atom. The number of carboxylic acid groups (broad SMARTS) is 1.